The summed E-state index contributed by atoms with van der Waals surface area (Å²) >= 11 is 2.28. The fourth-order valence-corrected chi connectivity index (χ4v) is 3.82. The van der Waals surface area contributed by atoms with Gasteiger partial charge in [0, 0.05) is 12.2 Å². The van der Waals surface area contributed by atoms with Gasteiger partial charge in [0.25, 0.3) is 5.91 Å². The number of carbonyl (C=O) groups excluding carboxylic acids is 2. The van der Waals surface area contributed by atoms with E-state index in [4.69, 9.17) is 4.74 Å². The van der Waals surface area contributed by atoms with Crippen LogP contribution in [0, 0.1) is 5.82 Å². The average Bonchev–Trinajstić information content (AvgIpc) is 3.22. The Labute approximate surface area is 174 Å². The molecule has 2 N–H and O–H groups in total. The molecule has 2 amide bonds. The number of thioether (sulfide) groups is 1. The van der Waals surface area contributed by atoms with Crippen molar-refractivity contribution in [2.45, 2.75) is 10.9 Å². The Hall–Kier alpha value is -2.98. The van der Waals surface area contributed by atoms with E-state index in [1.807, 2.05) is 24.3 Å². The summed E-state index contributed by atoms with van der Waals surface area (Å²) in [5.74, 6) is -0.111. The largest absolute Gasteiger partial charge is 0.497 e. The molecule has 29 heavy (non-hydrogen) atoms. The van der Waals surface area contributed by atoms with Crippen LogP contribution in [0.3, 0.4) is 0 Å². The maximum Gasteiger partial charge on any atom is 0.286 e. The van der Waals surface area contributed by atoms with E-state index in [1.165, 1.54) is 36.0 Å². The molecule has 0 aliphatic carbocycles. The number of benzene rings is 2. The highest BCUT2D eigenvalue weighted by Gasteiger charge is 2.14. The molecule has 7 nitrogen and oxygen atoms in total. The van der Waals surface area contributed by atoms with Crippen molar-refractivity contribution in [2.24, 2.45) is 0 Å². The topological polar surface area (TPSA) is 93.2 Å². The Balaban J connectivity index is 1.46. The van der Waals surface area contributed by atoms with Gasteiger partial charge in [-0.3, -0.25) is 9.59 Å². The summed E-state index contributed by atoms with van der Waals surface area (Å²) < 4.78 is 18.6. The van der Waals surface area contributed by atoms with Crippen LogP contribution in [0.4, 0.5) is 10.1 Å². The van der Waals surface area contributed by atoms with Crippen molar-refractivity contribution in [3.8, 4) is 5.75 Å². The number of hydrogen-bond acceptors (Lipinski definition) is 7. The Morgan fingerprint density at radius 2 is 1.97 bits per heavy atom. The van der Waals surface area contributed by atoms with Gasteiger partial charge >= 0.3 is 0 Å². The summed E-state index contributed by atoms with van der Waals surface area (Å²) in [4.78, 5) is 24.2. The van der Waals surface area contributed by atoms with Gasteiger partial charge in [0.2, 0.25) is 10.9 Å². The van der Waals surface area contributed by atoms with Gasteiger partial charge in [0.15, 0.2) is 4.34 Å². The van der Waals surface area contributed by atoms with Crippen molar-refractivity contribution in [1.29, 1.82) is 0 Å². The van der Waals surface area contributed by atoms with Gasteiger partial charge in [-0.05, 0) is 42.0 Å². The number of rotatable bonds is 8. The quantitative estimate of drug-likeness (QED) is 0.531. The van der Waals surface area contributed by atoms with Gasteiger partial charge in [0.1, 0.15) is 11.6 Å². The highest BCUT2D eigenvalue weighted by Crippen LogP contribution is 2.23. The van der Waals surface area contributed by atoms with E-state index in [0.717, 1.165) is 22.6 Å². The van der Waals surface area contributed by atoms with Crippen LogP contribution in [0.5, 0.6) is 5.75 Å². The SMILES string of the molecule is COc1cccc(CNC(=O)CSc2nnc(C(=O)Nc3ccc(F)cc3)s2)c1. The van der Waals surface area contributed by atoms with Crippen LogP contribution in [-0.2, 0) is 11.3 Å². The summed E-state index contributed by atoms with van der Waals surface area (Å²) in [6, 6.07) is 12.8. The molecule has 3 aromatic rings. The fourth-order valence-electron chi connectivity index (χ4n) is 2.24. The third kappa shape index (κ3) is 6.26. The van der Waals surface area contributed by atoms with Crippen LogP contribution >= 0.6 is 23.1 Å². The van der Waals surface area contributed by atoms with Crippen LogP contribution < -0.4 is 15.4 Å². The molecule has 2 aromatic carbocycles. The lowest BCUT2D eigenvalue weighted by molar-refractivity contribution is -0.118. The monoisotopic (exact) mass is 432 g/mol. The Morgan fingerprint density at radius 1 is 1.17 bits per heavy atom. The van der Waals surface area contributed by atoms with Gasteiger partial charge in [-0.2, -0.15) is 0 Å². The zero-order valence-electron chi connectivity index (χ0n) is 15.3. The number of methoxy groups -OCH3 is 1. The molecule has 0 bridgehead atoms. The highest BCUT2D eigenvalue weighted by molar-refractivity contribution is 8.01. The summed E-state index contributed by atoms with van der Waals surface area (Å²) in [5, 5.41) is 13.4. The number of carbonyl (C=O) groups is 2. The number of anilines is 1. The van der Waals surface area contributed by atoms with Crippen LogP contribution in [0.25, 0.3) is 0 Å². The standard InChI is InChI=1S/C19H17FN4O3S2/c1-27-15-4-2-3-12(9-15)10-21-16(25)11-28-19-24-23-18(29-19)17(26)22-14-7-5-13(20)6-8-14/h2-9H,10-11H2,1H3,(H,21,25)(H,22,26). The molecule has 0 unspecified atom stereocenters. The molecule has 1 aromatic heterocycles. The van der Waals surface area contributed by atoms with Crippen LogP contribution in [0.2, 0.25) is 0 Å². The van der Waals surface area contributed by atoms with Crippen molar-refractivity contribution in [3.63, 3.8) is 0 Å². The molecule has 0 aliphatic rings. The minimum atomic E-state index is -0.441. The molecular weight excluding hydrogens is 415 g/mol. The summed E-state index contributed by atoms with van der Waals surface area (Å²) in [7, 11) is 1.59. The molecule has 0 atom stereocenters. The van der Waals surface area contributed by atoms with Crippen molar-refractivity contribution in [2.75, 3.05) is 18.2 Å². The highest BCUT2D eigenvalue weighted by atomic mass is 32.2. The Kier molecular flexibility index (Phi) is 7.14. The molecule has 0 saturated heterocycles. The molecular formula is C19H17FN4O3S2. The number of hydrogen-bond donors (Lipinski definition) is 2. The first-order chi connectivity index (χ1) is 14.0. The number of ether oxygens (including phenoxy) is 1. The first kappa shape index (κ1) is 20.7. The normalized spacial score (nSPS) is 10.4. The lowest BCUT2D eigenvalue weighted by atomic mass is 10.2. The van der Waals surface area contributed by atoms with E-state index in [1.54, 1.807) is 7.11 Å². The first-order valence-corrected chi connectivity index (χ1v) is 10.3. The average molecular weight is 433 g/mol. The Morgan fingerprint density at radius 3 is 2.72 bits per heavy atom. The summed E-state index contributed by atoms with van der Waals surface area (Å²) in [6.07, 6.45) is 0. The molecule has 3 rings (SSSR count). The second-order valence-electron chi connectivity index (χ2n) is 5.75. The third-order valence-corrected chi connectivity index (χ3v) is 5.71. The minimum absolute atomic E-state index is 0.151. The van der Waals surface area contributed by atoms with E-state index in [9.17, 15) is 14.0 Å². The number of nitrogens with zero attached hydrogens (tertiary/aromatic N) is 2. The number of aromatic nitrogens is 2. The molecule has 0 radical (unpaired) electrons. The fraction of sp³-hybridized carbons (Fsp3) is 0.158. The number of halogens is 1. The lowest BCUT2D eigenvalue weighted by Gasteiger charge is -2.06. The zero-order valence-corrected chi connectivity index (χ0v) is 17.0. The van der Waals surface area contributed by atoms with E-state index < -0.39 is 5.91 Å². The number of nitrogens with one attached hydrogen (secondary N) is 2. The molecule has 0 saturated carbocycles. The first-order valence-electron chi connectivity index (χ1n) is 8.46. The molecule has 0 spiro atoms. The van der Waals surface area contributed by atoms with E-state index in [-0.39, 0.29) is 22.5 Å². The smallest absolute Gasteiger partial charge is 0.286 e. The molecule has 0 aliphatic heterocycles. The van der Waals surface area contributed by atoms with Crippen molar-refractivity contribution in [3.05, 3.63) is 64.9 Å². The van der Waals surface area contributed by atoms with E-state index >= 15 is 0 Å². The van der Waals surface area contributed by atoms with Gasteiger partial charge in [-0.15, -0.1) is 10.2 Å². The minimum Gasteiger partial charge on any atom is -0.497 e. The molecule has 150 valence electrons. The predicted molar refractivity (Wildman–Crippen MR) is 110 cm³/mol. The molecule has 0 fully saturated rings. The van der Waals surface area contributed by atoms with Crippen LogP contribution in [0.1, 0.15) is 15.4 Å². The van der Waals surface area contributed by atoms with Gasteiger partial charge < -0.3 is 15.4 Å². The molecule has 1 heterocycles. The lowest BCUT2D eigenvalue weighted by Crippen LogP contribution is -2.24. The van der Waals surface area contributed by atoms with Crippen molar-refractivity contribution < 1.29 is 18.7 Å². The second-order valence-corrected chi connectivity index (χ2v) is 7.95. The Bertz CT molecular complexity index is 995. The van der Waals surface area contributed by atoms with Gasteiger partial charge in [-0.25, -0.2) is 4.39 Å². The van der Waals surface area contributed by atoms with Crippen molar-refractivity contribution >= 4 is 40.6 Å². The van der Waals surface area contributed by atoms with Crippen molar-refractivity contribution in [1.82, 2.24) is 15.5 Å². The van der Waals surface area contributed by atoms with Gasteiger partial charge in [-0.1, -0.05) is 35.2 Å². The van der Waals surface area contributed by atoms with E-state index in [2.05, 4.69) is 20.8 Å². The van der Waals surface area contributed by atoms with Crippen LogP contribution in [-0.4, -0.2) is 34.9 Å². The second kappa shape index (κ2) is 9.99. The summed E-state index contributed by atoms with van der Waals surface area (Å²) in [5.41, 5.74) is 1.39. The maximum absolute atomic E-state index is 12.9. The number of amides is 2. The maximum atomic E-state index is 12.9. The predicted octanol–water partition coefficient (Wildman–Crippen LogP) is 3.35. The van der Waals surface area contributed by atoms with Gasteiger partial charge in [0.05, 0.1) is 12.9 Å². The summed E-state index contributed by atoms with van der Waals surface area (Å²) in [6.45, 7) is 0.387. The third-order valence-electron chi connectivity index (χ3n) is 3.65. The zero-order chi connectivity index (χ0) is 20.6. The molecule has 10 heteroatoms. The van der Waals surface area contributed by atoms with E-state index in [0.29, 0.717) is 16.6 Å². The van der Waals surface area contributed by atoms with Crippen LogP contribution in [0.15, 0.2) is 52.9 Å².